The summed E-state index contributed by atoms with van der Waals surface area (Å²) in [5.41, 5.74) is 1.67. The second-order valence-electron chi connectivity index (χ2n) is 9.79. The molecule has 1 amide bonds. The van der Waals surface area contributed by atoms with Crippen LogP contribution in [-0.2, 0) is 24.8 Å². The summed E-state index contributed by atoms with van der Waals surface area (Å²) < 4.78 is 56.3. The van der Waals surface area contributed by atoms with E-state index in [0.29, 0.717) is 53.8 Å². The second kappa shape index (κ2) is 11.7. The lowest BCUT2D eigenvalue weighted by molar-refractivity contribution is -0.114. The molecule has 2 fully saturated rings. The number of amides is 1. The average Bonchev–Trinajstić information content (AvgIpc) is 2.74. The first kappa shape index (κ1) is 29.2. The summed E-state index contributed by atoms with van der Waals surface area (Å²) in [6, 6.07) is 9.68. The molecule has 0 atom stereocenters. The molecule has 2 aliphatic heterocycles. The highest BCUT2D eigenvalue weighted by atomic mass is 32.2. The predicted molar refractivity (Wildman–Crippen MR) is 157 cm³/mol. The Morgan fingerprint density at radius 3 is 1.62 bits per heavy atom. The number of nitrogens with one attached hydrogen (secondary N) is 3. The van der Waals surface area contributed by atoms with Crippen LogP contribution in [0.3, 0.4) is 0 Å². The van der Waals surface area contributed by atoms with Crippen molar-refractivity contribution in [2.75, 3.05) is 36.8 Å². The normalized spacial score (nSPS) is 16.5. The fourth-order valence-corrected chi connectivity index (χ4v) is 7.90. The van der Waals surface area contributed by atoms with Gasteiger partial charge in [-0.2, -0.15) is 8.61 Å². The standard InChI is InChI=1S/C26H33N5O5S3/c1-18(2)27-26(37)29-23-11-9-21(25(17-23)39(35,36)31-14-5-15-31)7-6-20-8-10-22(28-19(3)32)16-24(20)38(33,34)30-12-4-13-30/h6-11,16-18H,4-5,12-15H2,1-3H3,(H,28,32)(H2,27,29,37). The Balaban J connectivity index is 1.74. The van der Waals surface area contributed by atoms with E-state index in [0.717, 1.165) is 12.8 Å². The van der Waals surface area contributed by atoms with Crippen LogP contribution in [0.4, 0.5) is 11.4 Å². The molecule has 4 rings (SSSR count). The molecule has 2 aromatic rings. The zero-order chi connectivity index (χ0) is 28.4. The molecule has 2 aromatic carbocycles. The van der Waals surface area contributed by atoms with E-state index in [-0.39, 0.29) is 21.7 Å². The third kappa shape index (κ3) is 6.67. The third-order valence-electron chi connectivity index (χ3n) is 6.33. The molecule has 0 aliphatic carbocycles. The number of carbonyl (C=O) groups is 1. The summed E-state index contributed by atoms with van der Waals surface area (Å²) in [6.07, 6.45) is 4.77. The number of nitrogens with zero attached hydrogens (tertiary/aromatic N) is 2. The average molecular weight is 592 g/mol. The fraction of sp³-hybridized carbons (Fsp3) is 0.385. The highest BCUT2D eigenvalue weighted by Gasteiger charge is 2.32. The minimum atomic E-state index is -3.80. The maximum Gasteiger partial charge on any atom is 0.243 e. The van der Waals surface area contributed by atoms with Crippen molar-refractivity contribution in [2.24, 2.45) is 0 Å². The van der Waals surface area contributed by atoms with Crippen LogP contribution in [0.25, 0.3) is 12.2 Å². The zero-order valence-corrected chi connectivity index (χ0v) is 24.5. The lowest BCUT2D eigenvalue weighted by Gasteiger charge is -2.30. The Hall–Kier alpha value is -2.84. The fourth-order valence-electron chi connectivity index (χ4n) is 4.09. The van der Waals surface area contributed by atoms with Gasteiger partial charge in [-0.05, 0) is 74.3 Å². The van der Waals surface area contributed by atoms with Gasteiger partial charge in [0.2, 0.25) is 26.0 Å². The van der Waals surface area contributed by atoms with Gasteiger partial charge in [0, 0.05) is 50.5 Å². The molecule has 0 aromatic heterocycles. The quantitative estimate of drug-likeness (QED) is 0.300. The predicted octanol–water partition coefficient (Wildman–Crippen LogP) is 3.30. The Morgan fingerprint density at radius 1 is 0.821 bits per heavy atom. The number of hydrogen-bond acceptors (Lipinski definition) is 6. The van der Waals surface area contributed by atoms with Crippen molar-refractivity contribution >= 4 is 66.8 Å². The van der Waals surface area contributed by atoms with Gasteiger partial charge in [-0.15, -0.1) is 0 Å². The van der Waals surface area contributed by atoms with Gasteiger partial charge in [0.1, 0.15) is 0 Å². The molecule has 2 heterocycles. The molecular weight excluding hydrogens is 559 g/mol. The summed E-state index contributed by atoms with van der Waals surface area (Å²) in [5.74, 6) is -0.316. The number of benzene rings is 2. The topological polar surface area (TPSA) is 128 Å². The Morgan fingerprint density at radius 2 is 1.26 bits per heavy atom. The Kier molecular flexibility index (Phi) is 8.76. The van der Waals surface area contributed by atoms with Crippen LogP contribution in [-0.4, -0.2) is 68.7 Å². The molecule has 3 N–H and O–H groups in total. The lowest BCUT2D eigenvalue weighted by Crippen LogP contribution is -2.42. The minimum Gasteiger partial charge on any atom is -0.360 e. The Bertz CT molecular complexity index is 1510. The van der Waals surface area contributed by atoms with Crippen molar-refractivity contribution < 1.29 is 21.6 Å². The van der Waals surface area contributed by atoms with Crippen molar-refractivity contribution in [2.45, 2.75) is 49.4 Å². The summed E-state index contributed by atoms with van der Waals surface area (Å²) >= 11 is 5.32. The van der Waals surface area contributed by atoms with Crippen LogP contribution in [0.2, 0.25) is 0 Å². The van der Waals surface area contributed by atoms with Gasteiger partial charge in [0.05, 0.1) is 9.79 Å². The molecule has 0 radical (unpaired) electrons. The molecule has 0 unspecified atom stereocenters. The maximum atomic E-state index is 13.4. The summed E-state index contributed by atoms with van der Waals surface area (Å²) in [5, 5.41) is 9.11. The van der Waals surface area contributed by atoms with Gasteiger partial charge in [-0.25, -0.2) is 16.8 Å². The second-order valence-corrected chi connectivity index (χ2v) is 14.0. The van der Waals surface area contributed by atoms with Crippen molar-refractivity contribution in [3.63, 3.8) is 0 Å². The first-order valence-electron chi connectivity index (χ1n) is 12.7. The lowest BCUT2D eigenvalue weighted by atomic mass is 10.1. The molecule has 13 heteroatoms. The van der Waals surface area contributed by atoms with Crippen LogP contribution >= 0.6 is 12.2 Å². The Labute approximate surface area is 235 Å². The van der Waals surface area contributed by atoms with Gasteiger partial charge in [-0.3, -0.25) is 4.79 Å². The number of thiocarbonyl (C=S) groups is 1. The summed E-state index contributed by atoms with van der Waals surface area (Å²) in [7, 11) is -7.58. The highest BCUT2D eigenvalue weighted by Crippen LogP contribution is 2.31. The summed E-state index contributed by atoms with van der Waals surface area (Å²) in [4.78, 5) is 11.7. The molecule has 0 spiro atoms. The molecular formula is C26H33N5O5S3. The highest BCUT2D eigenvalue weighted by molar-refractivity contribution is 7.89. The van der Waals surface area contributed by atoms with E-state index in [2.05, 4.69) is 16.0 Å². The van der Waals surface area contributed by atoms with E-state index < -0.39 is 20.0 Å². The van der Waals surface area contributed by atoms with E-state index in [1.54, 1.807) is 42.5 Å². The molecule has 0 bridgehead atoms. The van der Waals surface area contributed by atoms with Crippen molar-refractivity contribution in [1.82, 2.24) is 13.9 Å². The van der Waals surface area contributed by atoms with Crippen LogP contribution in [0.1, 0.15) is 44.7 Å². The van der Waals surface area contributed by atoms with Crippen molar-refractivity contribution in [1.29, 1.82) is 0 Å². The molecule has 39 heavy (non-hydrogen) atoms. The van der Waals surface area contributed by atoms with Gasteiger partial charge < -0.3 is 16.0 Å². The van der Waals surface area contributed by atoms with E-state index >= 15 is 0 Å². The molecule has 2 saturated heterocycles. The van der Waals surface area contributed by atoms with Crippen molar-refractivity contribution in [3.05, 3.63) is 47.5 Å². The number of anilines is 2. The van der Waals surface area contributed by atoms with Crippen LogP contribution in [0, 0.1) is 0 Å². The van der Waals surface area contributed by atoms with E-state index in [1.807, 2.05) is 13.8 Å². The minimum absolute atomic E-state index is 0.0419. The molecule has 0 saturated carbocycles. The third-order valence-corrected chi connectivity index (χ3v) is 10.5. The largest absolute Gasteiger partial charge is 0.360 e. The number of rotatable bonds is 9. The first-order chi connectivity index (χ1) is 18.4. The maximum absolute atomic E-state index is 13.4. The SMILES string of the molecule is CC(=O)Nc1ccc(C=Cc2ccc(NC(=S)NC(C)C)cc2S(=O)(=O)N2CCC2)c(S(=O)(=O)N2CCC2)c1. The summed E-state index contributed by atoms with van der Waals surface area (Å²) in [6.45, 7) is 6.98. The number of carbonyl (C=O) groups excluding carboxylic acids is 1. The molecule has 10 nitrogen and oxygen atoms in total. The van der Waals surface area contributed by atoms with Crippen LogP contribution in [0.5, 0.6) is 0 Å². The van der Waals surface area contributed by atoms with E-state index in [1.165, 1.54) is 21.6 Å². The number of sulfonamides is 2. The van der Waals surface area contributed by atoms with Crippen LogP contribution in [0.15, 0.2) is 46.2 Å². The van der Waals surface area contributed by atoms with Crippen LogP contribution < -0.4 is 16.0 Å². The first-order valence-corrected chi connectivity index (χ1v) is 16.0. The van der Waals surface area contributed by atoms with Gasteiger partial charge in [0.25, 0.3) is 0 Å². The molecule has 210 valence electrons. The molecule has 2 aliphatic rings. The number of hydrogen-bond donors (Lipinski definition) is 3. The monoisotopic (exact) mass is 591 g/mol. The smallest absolute Gasteiger partial charge is 0.243 e. The zero-order valence-electron chi connectivity index (χ0n) is 22.1. The van der Waals surface area contributed by atoms with Crippen molar-refractivity contribution in [3.8, 4) is 0 Å². The van der Waals surface area contributed by atoms with Gasteiger partial charge in [-0.1, -0.05) is 24.3 Å². The van der Waals surface area contributed by atoms with E-state index in [4.69, 9.17) is 12.2 Å². The van der Waals surface area contributed by atoms with Gasteiger partial charge >= 0.3 is 0 Å². The van der Waals surface area contributed by atoms with E-state index in [9.17, 15) is 21.6 Å². The van der Waals surface area contributed by atoms with Gasteiger partial charge in [0.15, 0.2) is 5.11 Å².